The fourth-order valence-corrected chi connectivity index (χ4v) is 1.92. The Labute approximate surface area is 112 Å². The first kappa shape index (κ1) is 15.5. The van der Waals surface area contributed by atoms with Gasteiger partial charge in [-0.25, -0.2) is 12.8 Å². The topological polar surface area (TPSA) is 69.4 Å². The summed E-state index contributed by atoms with van der Waals surface area (Å²) in [7, 11) is -3.08. The van der Waals surface area contributed by atoms with E-state index in [1.807, 2.05) is 0 Å². The molecule has 104 valence electrons. The first-order valence-electron chi connectivity index (χ1n) is 5.80. The predicted octanol–water partition coefficient (Wildman–Crippen LogP) is 0.949. The van der Waals surface area contributed by atoms with Crippen molar-refractivity contribution in [2.45, 2.75) is 6.92 Å². The van der Waals surface area contributed by atoms with Crippen LogP contribution in [0.25, 0.3) is 0 Å². The van der Waals surface area contributed by atoms with E-state index in [-0.39, 0.29) is 24.7 Å². The van der Waals surface area contributed by atoms with Gasteiger partial charge in [0.25, 0.3) is 0 Å². The van der Waals surface area contributed by atoms with Crippen molar-refractivity contribution in [3.05, 3.63) is 29.6 Å². The van der Waals surface area contributed by atoms with Crippen LogP contribution in [0.15, 0.2) is 18.2 Å². The molecule has 0 radical (unpaired) electrons. The highest BCUT2D eigenvalue weighted by atomic mass is 32.2. The molecular weight excluding hydrogens is 269 g/mol. The summed E-state index contributed by atoms with van der Waals surface area (Å²) in [5.41, 5.74) is 5.61. The Kier molecular flexibility index (Phi) is 5.80. The van der Waals surface area contributed by atoms with Gasteiger partial charge < -0.3 is 10.5 Å². The molecule has 1 aromatic carbocycles. The van der Waals surface area contributed by atoms with E-state index in [2.05, 4.69) is 11.8 Å². The fourth-order valence-electron chi connectivity index (χ4n) is 1.29. The maximum atomic E-state index is 13.1. The van der Waals surface area contributed by atoms with Crippen LogP contribution >= 0.6 is 0 Å². The zero-order valence-electron chi connectivity index (χ0n) is 10.6. The van der Waals surface area contributed by atoms with Crippen molar-refractivity contribution in [1.82, 2.24) is 0 Å². The van der Waals surface area contributed by atoms with Crippen LogP contribution in [0.2, 0.25) is 0 Å². The molecule has 0 fully saturated rings. The number of hydrogen-bond acceptors (Lipinski definition) is 4. The van der Waals surface area contributed by atoms with Gasteiger partial charge in [0.1, 0.15) is 18.2 Å². The Balaban J connectivity index is 2.78. The molecule has 0 aliphatic rings. The highest BCUT2D eigenvalue weighted by Gasteiger charge is 2.09. The maximum absolute atomic E-state index is 13.1. The molecule has 1 rings (SSSR count). The standard InChI is InChI=1S/C13H16FNO3S/c1-2-19(16,17)9-8-18-13-6-5-12(14)10-11(13)4-3-7-15/h5-6,10H,2,7-9,15H2,1H3. The Morgan fingerprint density at radius 1 is 1.42 bits per heavy atom. The zero-order valence-corrected chi connectivity index (χ0v) is 11.5. The molecule has 0 amide bonds. The van der Waals surface area contributed by atoms with E-state index in [0.717, 1.165) is 0 Å². The lowest BCUT2D eigenvalue weighted by Gasteiger charge is -2.08. The predicted molar refractivity (Wildman–Crippen MR) is 72.2 cm³/mol. The van der Waals surface area contributed by atoms with Crippen molar-refractivity contribution in [3.8, 4) is 17.6 Å². The van der Waals surface area contributed by atoms with Gasteiger partial charge in [0.05, 0.1) is 17.9 Å². The van der Waals surface area contributed by atoms with Crippen molar-refractivity contribution < 1.29 is 17.5 Å². The lowest BCUT2D eigenvalue weighted by molar-refractivity contribution is 0.339. The second-order valence-corrected chi connectivity index (χ2v) is 6.20. The van der Waals surface area contributed by atoms with E-state index in [4.69, 9.17) is 10.5 Å². The largest absolute Gasteiger partial charge is 0.491 e. The van der Waals surface area contributed by atoms with E-state index >= 15 is 0 Å². The maximum Gasteiger partial charge on any atom is 0.153 e. The number of hydrogen-bond donors (Lipinski definition) is 1. The van der Waals surface area contributed by atoms with Crippen molar-refractivity contribution in [2.24, 2.45) is 5.73 Å². The van der Waals surface area contributed by atoms with Crippen LogP contribution in [0.4, 0.5) is 4.39 Å². The minimum absolute atomic E-state index is 0.0130. The normalized spacial score (nSPS) is 10.7. The zero-order chi connectivity index (χ0) is 14.3. The molecule has 0 atom stereocenters. The lowest BCUT2D eigenvalue weighted by atomic mass is 10.2. The first-order valence-corrected chi connectivity index (χ1v) is 7.62. The van der Waals surface area contributed by atoms with Gasteiger partial charge in [-0.3, -0.25) is 0 Å². The molecule has 0 bridgehead atoms. The third kappa shape index (κ3) is 5.28. The van der Waals surface area contributed by atoms with Crippen molar-refractivity contribution in [3.63, 3.8) is 0 Å². The highest BCUT2D eigenvalue weighted by molar-refractivity contribution is 7.91. The van der Waals surface area contributed by atoms with Crippen LogP contribution < -0.4 is 10.5 Å². The summed E-state index contributed by atoms with van der Waals surface area (Å²) >= 11 is 0. The number of halogens is 1. The summed E-state index contributed by atoms with van der Waals surface area (Å²) < 4.78 is 41.1. The van der Waals surface area contributed by atoms with Crippen LogP contribution in [-0.2, 0) is 9.84 Å². The van der Waals surface area contributed by atoms with Crippen LogP contribution in [0.5, 0.6) is 5.75 Å². The molecule has 0 saturated carbocycles. The molecule has 0 heterocycles. The van der Waals surface area contributed by atoms with Gasteiger partial charge in [-0.15, -0.1) is 0 Å². The van der Waals surface area contributed by atoms with Crippen LogP contribution in [-0.4, -0.2) is 33.1 Å². The van der Waals surface area contributed by atoms with Gasteiger partial charge in [0.2, 0.25) is 0 Å². The first-order chi connectivity index (χ1) is 8.98. The summed E-state index contributed by atoms with van der Waals surface area (Å²) in [6, 6.07) is 3.89. The summed E-state index contributed by atoms with van der Waals surface area (Å²) in [6.07, 6.45) is 0. The van der Waals surface area contributed by atoms with E-state index in [1.54, 1.807) is 6.92 Å². The average molecular weight is 285 g/mol. The van der Waals surface area contributed by atoms with Crippen molar-refractivity contribution in [2.75, 3.05) is 24.7 Å². The molecule has 4 nitrogen and oxygen atoms in total. The lowest BCUT2D eigenvalue weighted by Crippen LogP contribution is -2.15. The van der Waals surface area contributed by atoms with Crippen molar-refractivity contribution >= 4 is 9.84 Å². The third-order valence-electron chi connectivity index (χ3n) is 2.36. The Bertz CT molecular complexity index is 588. The minimum Gasteiger partial charge on any atom is -0.491 e. The van der Waals surface area contributed by atoms with Gasteiger partial charge in [0, 0.05) is 5.75 Å². The molecule has 19 heavy (non-hydrogen) atoms. The number of nitrogens with two attached hydrogens (primary N) is 1. The van der Waals surface area contributed by atoms with Gasteiger partial charge in [-0.2, -0.15) is 0 Å². The van der Waals surface area contributed by atoms with Crippen molar-refractivity contribution in [1.29, 1.82) is 0 Å². The summed E-state index contributed by atoms with van der Waals surface area (Å²) in [5, 5.41) is 0. The molecular formula is C13H16FNO3S. The number of sulfone groups is 1. The van der Waals surface area contributed by atoms with Gasteiger partial charge in [-0.1, -0.05) is 18.8 Å². The van der Waals surface area contributed by atoms with Crippen LogP contribution in [0.1, 0.15) is 12.5 Å². The minimum atomic E-state index is -3.08. The Morgan fingerprint density at radius 3 is 2.79 bits per heavy atom. The van der Waals surface area contributed by atoms with E-state index in [9.17, 15) is 12.8 Å². The number of ether oxygens (including phenoxy) is 1. The average Bonchev–Trinajstić information content (AvgIpc) is 2.38. The summed E-state index contributed by atoms with van der Waals surface area (Å²) in [5.74, 6) is 5.20. The van der Waals surface area contributed by atoms with Gasteiger partial charge in [-0.05, 0) is 18.2 Å². The second kappa shape index (κ2) is 7.12. The fraction of sp³-hybridized carbons (Fsp3) is 0.385. The van der Waals surface area contributed by atoms with E-state index in [0.29, 0.717) is 11.3 Å². The molecule has 0 aliphatic carbocycles. The highest BCUT2D eigenvalue weighted by Crippen LogP contribution is 2.18. The summed E-state index contributed by atoms with van der Waals surface area (Å²) in [4.78, 5) is 0. The van der Waals surface area contributed by atoms with E-state index < -0.39 is 15.7 Å². The third-order valence-corrected chi connectivity index (χ3v) is 4.03. The van der Waals surface area contributed by atoms with Gasteiger partial charge >= 0.3 is 0 Å². The Hall–Kier alpha value is -1.58. The molecule has 0 unspecified atom stereocenters. The molecule has 0 aromatic heterocycles. The van der Waals surface area contributed by atoms with E-state index in [1.165, 1.54) is 18.2 Å². The monoisotopic (exact) mass is 285 g/mol. The SMILES string of the molecule is CCS(=O)(=O)CCOc1ccc(F)cc1C#CCN. The molecule has 6 heteroatoms. The van der Waals surface area contributed by atoms with Crippen LogP contribution in [0, 0.1) is 17.7 Å². The number of benzene rings is 1. The molecule has 2 N–H and O–H groups in total. The molecule has 1 aromatic rings. The smallest absolute Gasteiger partial charge is 0.153 e. The molecule has 0 aliphatic heterocycles. The summed E-state index contributed by atoms with van der Waals surface area (Å²) in [6.45, 7) is 1.74. The second-order valence-electron chi connectivity index (χ2n) is 3.73. The number of rotatable bonds is 5. The Morgan fingerprint density at radius 2 is 2.16 bits per heavy atom. The van der Waals surface area contributed by atoms with Gasteiger partial charge in [0.15, 0.2) is 9.84 Å². The molecule has 0 saturated heterocycles. The molecule has 0 spiro atoms. The quantitative estimate of drug-likeness (QED) is 0.818. The van der Waals surface area contributed by atoms with Crippen LogP contribution in [0.3, 0.4) is 0 Å².